The van der Waals surface area contributed by atoms with Crippen molar-refractivity contribution in [3.05, 3.63) is 36.2 Å². The number of carboxylic acid groups (broad SMARTS) is 1. The van der Waals surface area contributed by atoms with Gasteiger partial charge in [-0.25, -0.2) is 4.79 Å². The number of aromatic carboxylic acids is 1. The highest BCUT2D eigenvalue weighted by atomic mass is 19.4. The van der Waals surface area contributed by atoms with Crippen molar-refractivity contribution in [1.82, 2.24) is 4.57 Å². The topological polar surface area (TPSA) is 42.2 Å². The highest BCUT2D eigenvalue weighted by Crippen LogP contribution is 2.32. The predicted octanol–water partition coefficient (Wildman–Crippen LogP) is 2.39. The van der Waals surface area contributed by atoms with Crippen LogP contribution in [-0.4, -0.2) is 15.6 Å². The van der Waals surface area contributed by atoms with Gasteiger partial charge in [0.1, 0.15) is 5.69 Å². The third-order valence-corrected chi connectivity index (χ3v) is 1.79. The first-order valence-corrected chi connectivity index (χ1v) is 3.98. The van der Waals surface area contributed by atoms with E-state index in [4.69, 9.17) is 5.11 Å². The van der Waals surface area contributed by atoms with Gasteiger partial charge in [0.15, 0.2) is 0 Å². The Morgan fingerprint density at radius 1 is 1.60 bits per heavy atom. The van der Waals surface area contributed by atoms with Crippen molar-refractivity contribution in [1.29, 1.82) is 0 Å². The molecule has 6 heteroatoms. The minimum Gasteiger partial charge on any atom is -0.478 e. The van der Waals surface area contributed by atoms with Gasteiger partial charge in [0, 0.05) is 12.7 Å². The van der Waals surface area contributed by atoms with E-state index in [2.05, 4.69) is 6.58 Å². The van der Waals surface area contributed by atoms with Crippen LogP contribution in [0.5, 0.6) is 0 Å². The Labute approximate surface area is 83.4 Å². The molecule has 0 aliphatic rings. The van der Waals surface area contributed by atoms with E-state index in [-0.39, 0.29) is 6.54 Å². The number of rotatable bonds is 3. The zero-order valence-electron chi connectivity index (χ0n) is 7.58. The van der Waals surface area contributed by atoms with Crippen LogP contribution in [0.4, 0.5) is 13.2 Å². The third-order valence-electron chi connectivity index (χ3n) is 1.79. The zero-order valence-corrected chi connectivity index (χ0v) is 7.58. The van der Waals surface area contributed by atoms with Gasteiger partial charge in [0.05, 0.1) is 5.56 Å². The number of hydrogen-bond acceptors (Lipinski definition) is 1. The van der Waals surface area contributed by atoms with Crippen LogP contribution in [0.3, 0.4) is 0 Å². The lowest BCUT2D eigenvalue weighted by atomic mass is 10.2. The third kappa shape index (κ3) is 2.20. The lowest BCUT2D eigenvalue weighted by Gasteiger charge is -2.11. The summed E-state index contributed by atoms with van der Waals surface area (Å²) >= 11 is 0. The van der Waals surface area contributed by atoms with Crippen LogP contribution in [0, 0.1) is 0 Å². The highest BCUT2D eigenvalue weighted by Gasteiger charge is 2.38. The first-order chi connectivity index (χ1) is 6.88. The number of allylic oxidation sites excluding steroid dienone is 1. The summed E-state index contributed by atoms with van der Waals surface area (Å²) in [6, 6.07) is 0.925. The monoisotopic (exact) mass is 219 g/mol. The Kier molecular flexibility index (Phi) is 2.88. The van der Waals surface area contributed by atoms with Gasteiger partial charge in [-0.15, -0.1) is 6.58 Å². The van der Waals surface area contributed by atoms with E-state index in [1.165, 1.54) is 6.08 Å². The fraction of sp³-hybridized carbons (Fsp3) is 0.222. The molecule has 0 radical (unpaired) electrons. The van der Waals surface area contributed by atoms with E-state index in [9.17, 15) is 18.0 Å². The second kappa shape index (κ2) is 3.80. The molecule has 0 aliphatic carbocycles. The van der Waals surface area contributed by atoms with E-state index in [0.717, 1.165) is 16.8 Å². The summed E-state index contributed by atoms with van der Waals surface area (Å²) in [7, 11) is 0. The number of halogens is 3. The van der Waals surface area contributed by atoms with Gasteiger partial charge in [-0.3, -0.25) is 0 Å². The maximum Gasteiger partial charge on any atom is 0.432 e. The first-order valence-electron chi connectivity index (χ1n) is 3.98. The molecule has 0 amide bonds. The van der Waals surface area contributed by atoms with Crippen LogP contribution < -0.4 is 0 Å². The summed E-state index contributed by atoms with van der Waals surface area (Å²) in [5.74, 6) is -1.59. The summed E-state index contributed by atoms with van der Waals surface area (Å²) in [5.41, 5.74) is -1.90. The number of carboxylic acids is 1. The van der Waals surface area contributed by atoms with Gasteiger partial charge in [0.25, 0.3) is 0 Å². The summed E-state index contributed by atoms with van der Waals surface area (Å²) in [6.45, 7) is 3.22. The van der Waals surface area contributed by atoms with Gasteiger partial charge in [-0.2, -0.15) is 13.2 Å². The molecule has 82 valence electrons. The zero-order chi connectivity index (χ0) is 11.6. The molecule has 0 unspecified atom stereocenters. The van der Waals surface area contributed by atoms with Crippen molar-refractivity contribution >= 4 is 5.97 Å². The fourth-order valence-corrected chi connectivity index (χ4v) is 1.25. The molecule has 0 aliphatic heterocycles. The van der Waals surface area contributed by atoms with Gasteiger partial charge < -0.3 is 9.67 Å². The quantitative estimate of drug-likeness (QED) is 0.793. The molecule has 1 aromatic heterocycles. The Balaban J connectivity index is 3.32. The van der Waals surface area contributed by atoms with Gasteiger partial charge in [-0.05, 0) is 6.07 Å². The Morgan fingerprint density at radius 3 is 2.60 bits per heavy atom. The predicted molar refractivity (Wildman–Crippen MR) is 46.6 cm³/mol. The van der Waals surface area contributed by atoms with Crippen LogP contribution >= 0.6 is 0 Å². The standard InChI is InChI=1S/C9H8F3NO2/c1-2-4-13-5-3-6(8(14)15)7(13)9(10,11)12/h2-3,5H,1,4H2,(H,14,15). The fourth-order valence-electron chi connectivity index (χ4n) is 1.25. The SMILES string of the molecule is C=CCn1ccc(C(=O)O)c1C(F)(F)F. The summed E-state index contributed by atoms with van der Waals surface area (Å²) in [6.07, 6.45) is -2.34. The van der Waals surface area contributed by atoms with Crippen LogP contribution in [0.1, 0.15) is 16.1 Å². The average Bonchev–Trinajstić information content (AvgIpc) is 2.47. The summed E-state index contributed by atoms with van der Waals surface area (Å²) in [4.78, 5) is 10.5. The van der Waals surface area contributed by atoms with Gasteiger partial charge >= 0.3 is 12.1 Å². The second-order valence-corrected chi connectivity index (χ2v) is 2.82. The molecule has 3 nitrogen and oxygen atoms in total. The molecule has 1 aromatic rings. The van der Waals surface area contributed by atoms with Crippen molar-refractivity contribution in [3.8, 4) is 0 Å². The van der Waals surface area contributed by atoms with E-state index >= 15 is 0 Å². The first kappa shape index (κ1) is 11.4. The maximum absolute atomic E-state index is 12.5. The average molecular weight is 219 g/mol. The lowest BCUT2D eigenvalue weighted by Crippen LogP contribution is -2.17. The van der Waals surface area contributed by atoms with Crippen LogP contribution in [0.25, 0.3) is 0 Å². The van der Waals surface area contributed by atoms with Crippen LogP contribution in [0.15, 0.2) is 24.9 Å². The molecule has 0 spiro atoms. The Hall–Kier alpha value is -1.72. The van der Waals surface area contributed by atoms with Crippen LogP contribution in [-0.2, 0) is 12.7 Å². The molecule has 0 atom stereocenters. The minimum atomic E-state index is -4.68. The number of carbonyl (C=O) groups is 1. The summed E-state index contributed by atoms with van der Waals surface area (Å²) < 4.78 is 38.3. The molecular formula is C9H8F3NO2. The summed E-state index contributed by atoms with van der Waals surface area (Å²) in [5, 5.41) is 8.57. The van der Waals surface area contributed by atoms with E-state index in [1.54, 1.807) is 0 Å². The van der Waals surface area contributed by atoms with Crippen molar-refractivity contribution in [2.45, 2.75) is 12.7 Å². The Morgan fingerprint density at radius 2 is 2.20 bits per heavy atom. The maximum atomic E-state index is 12.5. The number of hydrogen-bond donors (Lipinski definition) is 1. The Bertz CT molecular complexity index is 393. The molecule has 15 heavy (non-hydrogen) atoms. The molecule has 0 saturated heterocycles. The van der Waals surface area contributed by atoms with Crippen molar-refractivity contribution in [2.24, 2.45) is 0 Å². The van der Waals surface area contributed by atoms with Crippen molar-refractivity contribution < 1.29 is 23.1 Å². The van der Waals surface area contributed by atoms with E-state index in [1.807, 2.05) is 0 Å². The highest BCUT2D eigenvalue weighted by molar-refractivity contribution is 5.89. The van der Waals surface area contributed by atoms with Crippen molar-refractivity contribution in [3.63, 3.8) is 0 Å². The number of alkyl halides is 3. The normalized spacial score (nSPS) is 11.4. The van der Waals surface area contributed by atoms with Crippen molar-refractivity contribution in [2.75, 3.05) is 0 Å². The second-order valence-electron chi connectivity index (χ2n) is 2.82. The van der Waals surface area contributed by atoms with E-state index in [0.29, 0.717) is 0 Å². The molecule has 0 bridgehead atoms. The molecule has 0 aromatic carbocycles. The molecular weight excluding hydrogens is 211 g/mol. The lowest BCUT2D eigenvalue weighted by molar-refractivity contribution is -0.143. The number of aromatic nitrogens is 1. The smallest absolute Gasteiger partial charge is 0.432 e. The molecule has 0 fully saturated rings. The molecule has 1 heterocycles. The molecule has 1 rings (SSSR count). The van der Waals surface area contributed by atoms with Gasteiger partial charge in [-0.1, -0.05) is 6.08 Å². The largest absolute Gasteiger partial charge is 0.478 e. The van der Waals surface area contributed by atoms with E-state index < -0.39 is 23.4 Å². The minimum absolute atomic E-state index is 0.0812. The van der Waals surface area contributed by atoms with Crippen LogP contribution in [0.2, 0.25) is 0 Å². The van der Waals surface area contributed by atoms with Gasteiger partial charge in [0.2, 0.25) is 0 Å². The molecule has 1 N–H and O–H groups in total. The number of nitrogens with zero attached hydrogens (tertiary/aromatic N) is 1. The molecule has 0 saturated carbocycles.